The molecule has 2 heterocycles. The predicted octanol–water partition coefficient (Wildman–Crippen LogP) is 8.40. The lowest BCUT2D eigenvalue weighted by Crippen LogP contribution is -2.29. The maximum absolute atomic E-state index is 13.6. The first-order valence-corrected chi connectivity index (χ1v) is 17.0. The van der Waals surface area contributed by atoms with E-state index < -0.39 is 17.7 Å². The van der Waals surface area contributed by atoms with Crippen molar-refractivity contribution in [1.29, 1.82) is 0 Å². The summed E-state index contributed by atoms with van der Waals surface area (Å²) in [6.07, 6.45) is 0. The second kappa shape index (κ2) is 14.4. The van der Waals surface area contributed by atoms with Crippen LogP contribution in [0.2, 0.25) is 5.02 Å². The fourth-order valence-electron chi connectivity index (χ4n) is 5.20. The average molecular weight is 684 g/mol. The zero-order valence-corrected chi connectivity index (χ0v) is 27.9. The molecule has 1 saturated heterocycles. The van der Waals surface area contributed by atoms with E-state index in [-0.39, 0.29) is 16.5 Å². The number of halogens is 1. The molecule has 5 aromatic rings. The van der Waals surface area contributed by atoms with Crippen LogP contribution in [0, 0.1) is 6.92 Å². The van der Waals surface area contributed by atoms with Crippen molar-refractivity contribution in [3.05, 3.63) is 135 Å². The third-order valence-electron chi connectivity index (χ3n) is 7.48. The fourth-order valence-corrected chi connectivity index (χ4v) is 7.36. The molecule has 238 valence electrons. The number of ketones is 1. The molecule has 0 spiro atoms. The highest BCUT2D eigenvalue weighted by Crippen LogP contribution is 2.44. The molecule has 1 unspecified atom stereocenters. The number of carbonyl (C=O) groups excluding carboxylic acids is 2. The zero-order chi connectivity index (χ0) is 32.9. The van der Waals surface area contributed by atoms with E-state index in [1.54, 1.807) is 48.5 Å². The van der Waals surface area contributed by atoms with Gasteiger partial charge in [-0.25, -0.2) is 0 Å². The Hall–Kier alpha value is -4.64. The van der Waals surface area contributed by atoms with E-state index in [0.717, 1.165) is 16.7 Å². The number of aromatic nitrogens is 2. The van der Waals surface area contributed by atoms with Crippen LogP contribution >= 0.6 is 34.7 Å². The van der Waals surface area contributed by atoms with Crippen molar-refractivity contribution < 1.29 is 24.2 Å². The number of Topliss-reactive ketones (excluding diaryl/α,β-unsaturated/α-hetero) is 1. The number of benzene rings is 4. The topological polar surface area (TPSA) is 102 Å². The van der Waals surface area contributed by atoms with Crippen molar-refractivity contribution in [2.75, 3.05) is 11.5 Å². The number of hydrogen-bond donors (Lipinski definition) is 1. The van der Waals surface area contributed by atoms with Gasteiger partial charge in [0.25, 0.3) is 5.78 Å². The molecule has 1 aromatic heterocycles. The maximum Gasteiger partial charge on any atom is 0.301 e. The highest BCUT2D eigenvalue weighted by Gasteiger charge is 2.48. The van der Waals surface area contributed by atoms with Crippen LogP contribution in [0.25, 0.3) is 5.76 Å². The molecule has 1 aliphatic heterocycles. The molecule has 1 N–H and O–H groups in total. The molecule has 4 aromatic carbocycles. The van der Waals surface area contributed by atoms with Crippen LogP contribution in [-0.2, 0) is 21.9 Å². The van der Waals surface area contributed by atoms with Crippen LogP contribution in [0.15, 0.2) is 107 Å². The third kappa shape index (κ3) is 7.20. The maximum atomic E-state index is 13.6. The number of hydrogen-bond acceptors (Lipinski definition) is 9. The first kappa shape index (κ1) is 32.3. The van der Waals surface area contributed by atoms with Crippen LogP contribution in [0.1, 0.15) is 40.8 Å². The number of amides is 1. The summed E-state index contributed by atoms with van der Waals surface area (Å²) in [7, 11) is 0. The number of aliphatic hydroxyl groups excluding tert-OH is 1. The number of aliphatic hydroxyl groups is 1. The Balaban J connectivity index is 1.31. The normalized spacial score (nSPS) is 15.6. The predicted molar refractivity (Wildman–Crippen MR) is 185 cm³/mol. The van der Waals surface area contributed by atoms with Crippen LogP contribution in [0.3, 0.4) is 0 Å². The summed E-state index contributed by atoms with van der Waals surface area (Å²) in [5.74, 6) is -0.122. The quantitative estimate of drug-likeness (QED) is 0.0487. The first-order chi connectivity index (χ1) is 22.8. The molecule has 0 radical (unpaired) electrons. The Labute approximate surface area is 285 Å². The van der Waals surface area contributed by atoms with Crippen molar-refractivity contribution >= 4 is 57.3 Å². The minimum Gasteiger partial charge on any atom is -0.507 e. The lowest BCUT2D eigenvalue weighted by atomic mass is 9.95. The molecule has 1 amide bonds. The Kier molecular flexibility index (Phi) is 9.91. The van der Waals surface area contributed by atoms with E-state index in [9.17, 15) is 14.7 Å². The molecule has 1 atom stereocenters. The second-order valence-corrected chi connectivity index (χ2v) is 13.3. The number of aryl methyl sites for hydroxylation is 1. The van der Waals surface area contributed by atoms with Gasteiger partial charge in [-0.05, 0) is 73.0 Å². The zero-order valence-electron chi connectivity index (χ0n) is 25.6. The number of thioether (sulfide) groups is 1. The number of ether oxygens (including phenoxy) is 2. The number of anilines is 1. The molecule has 1 aliphatic rings. The summed E-state index contributed by atoms with van der Waals surface area (Å²) >= 11 is 8.94. The average Bonchev–Trinajstić information content (AvgIpc) is 3.65. The summed E-state index contributed by atoms with van der Waals surface area (Å²) < 4.78 is 12.1. The standard InChI is InChI=1S/C36H30ClN3O5S2/c1-3-44-27-15-11-24(12-16-27)31-30(32(41)25-13-17-28(18-14-25)45-20-23-8-6-7-22(2)19-23)33(42)34(43)40(31)35-38-39-36(47-35)46-21-26-9-4-5-10-29(26)37/h4-19,31,41H,3,20-21H2,1-2H3/b32-30+. The van der Waals surface area contributed by atoms with Gasteiger partial charge in [-0.3, -0.25) is 14.5 Å². The molecule has 0 aliphatic carbocycles. The van der Waals surface area contributed by atoms with Gasteiger partial charge in [0, 0.05) is 16.3 Å². The van der Waals surface area contributed by atoms with Gasteiger partial charge in [0.05, 0.1) is 18.2 Å². The van der Waals surface area contributed by atoms with Gasteiger partial charge in [0.1, 0.15) is 23.9 Å². The highest BCUT2D eigenvalue weighted by molar-refractivity contribution is 8.00. The molecule has 1 fully saturated rings. The second-order valence-electron chi connectivity index (χ2n) is 10.7. The summed E-state index contributed by atoms with van der Waals surface area (Å²) in [4.78, 5) is 28.6. The SMILES string of the molecule is CCOc1ccc(C2/C(=C(\O)c3ccc(OCc4cccc(C)c4)cc3)C(=O)C(=O)N2c2nnc(SCc3ccccc3Cl)s2)cc1. The van der Waals surface area contributed by atoms with E-state index >= 15 is 0 Å². The summed E-state index contributed by atoms with van der Waals surface area (Å²) in [5, 5.41) is 21.0. The molecule has 47 heavy (non-hydrogen) atoms. The van der Waals surface area contributed by atoms with E-state index in [1.165, 1.54) is 28.0 Å². The minimum atomic E-state index is -0.947. The monoisotopic (exact) mass is 683 g/mol. The molecule has 0 saturated carbocycles. The van der Waals surface area contributed by atoms with Gasteiger partial charge >= 0.3 is 5.91 Å². The van der Waals surface area contributed by atoms with Crippen molar-refractivity contribution in [3.8, 4) is 11.5 Å². The van der Waals surface area contributed by atoms with E-state index in [4.69, 9.17) is 21.1 Å². The Morgan fingerprint density at radius 2 is 1.66 bits per heavy atom. The third-order valence-corrected chi connectivity index (χ3v) is 9.95. The summed E-state index contributed by atoms with van der Waals surface area (Å²) in [6, 6.07) is 28.5. The van der Waals surface area contributed by atoms with Crippen LogP contribution in [0.4, 0.5) is 5.13 Å². The van der Waals surface area contributed by atoms with Crippen LogP contribution < -0.4 is 14.4 Å². The number of nitrogens with zero attached hydrogens (tertiary/aromatic N) is 3. The van der Waals surface area contributed by atoms with Crippen LogP contribution in [-0.4, -0.2) is 33.6 Å². The van der Waals surface area contributed by atoms with Crippen molar-refractivity contribution in [1.82, 2.24) is 10.2 Å². The summed E-state index contributed by atoms with van der Waals surface area (Å²) in [5.41, 5.74) is 4.05. The fraction of sp³-hybridized carbons (Fsp3) is 0.167. The molecule has 8 nitrogen and oxygen atoms in total. The Morgan fingerprint density at radius 1 is 0.936 bits per heavy atom. The smallest absolute Gasteiger partial charge is 0.301 e. The summed E-state index contributed by atoms with van der Waals surface area (Å²) in [6.45, 7) is 4.79. The van der Waals surface area contributed by atoms with Gasteiger partial charge < -0.3 is 14.6 Å². The molecule has 0 bridgehead atoms. The van der Waals surface area contributed by atoms with E-state index in [2.05, 4.69) is 16.3 Å². The van der Waals surface area contributed by atoms with Crippen molar-refractivity contribution in [2.45, 2.75) is 36.6 Å². The first-order valence-electron chi connectivity index (χ1n) is 14.8. The Bertz CT molecular complexity index is 1940. The molecular formula is C36H30ClN3O5S2. The number of rotatable bonds is 11. The lowest BCUT2D eigenvalue weighted by Gasteiger charge is -2.22. The molecule has 6 rings (SSSR count). The van der Waals surface area contributed by atoms with Crippen molar-refractivity contribution in [2.24, 2.45) is 0 Å². The molecule has 11 heteroatoms. The minimum absolute atomic E-state index is 0.0481. The van der Waals surface area contributed by atoms with Gasteiger partial charge in [-0.2, -0.15) is 0 Å². The largest absolute Gasteiger partial charge is 0.507 e. The lowest BCUT2D eigenvalue weighted by molar-refractivity contribution is -0.132. The highest BCUT2D eigenvalue weighted by atomic mass is 35.5. The van der Waals surface area contributed by atoms with Crippen molar-refractivity contribution in [3.63, 3.8) is 0 Å². The van der Waals surface area contributed by atoms with Gasteiger partial charge in [0.2, 0.25) is 5.13 Å². The Morgan fingerprint density at radius 3 is 2.38 bits per heavy atom. The van der Waals surface area contributed by atoms with E-state index in [1.807, 2.05) is 56.3 Å². The van der Waals surface area contributed by atoms with E-state index in [0.29, 0.717) is 51.0 Å². The number of carbonyl (C=O) groups is 2. The van der Waals surface area contributed by atoms with Gasteiger partial charge in [-0.1, -0.05) is 94.9 Å². The van der Waals surface area contributed by atoms with Gasteiger partial charge in [-0.15, -0.1) is 10.2 Å². The van der Waals surface area contributed by atoms with Crippen LogP contribution in [0.5, 0.6) is 11.5 Å². The van der Waals surface area contributed by atoms with Gasteiger partial charge in [0.15, 0.2) is 4.34 Å². The molecular weight excluding hydrogens is 654 g/mol.